The number of benzene rings is 3. The number of rotatable bonds is 10. The van der Waals surface area contributed by atoms with Gasteiger partial charge in [0, 0.05) is 12.2 Å². The molecule has 0 saturated heterocycles. The molecule has 1 amide bonds. The van der Waals surface area contributed by atoms with E-state index < -0.39 is 10.0 Å². The molecule has 0 heterocycles. The lowest BCUT2D eigenvalue weighted by molar-refractivity contribution is 0.102. The van der Waals surface area contributed by atoms with Crippen molar-refractivity contribution < 1.29 is 17.9 Å². The molecule has 0 bridgehead atoms. The van der Waals surface area contributed by atoms with Gasteiger partial charge in [-0.2, -0.15) is 0 Å². The second-order valence-electron chi connectivity index (χ2n) is 6.99. The Morgan fingerprint density at radius 1 is 0.903 bits per heavy atom. The van der Waals surface area contributed by atoms with Gasteiger partial charge in [0.2, 0.25) is 10.0 Å². The number of hydrogen-bond acceptors (Lipinski definition) is 4. The zero-order valence-corrected chi connectivity index (χ0v) is 18.2. The van der Waals surface area contributed by atoms with E-state index in [9.17, 15) is 13.2 Å². The van der Waals surface area contributed by atoms with Crippen molar-refractivity contribution in [2.75, 3.05) is 11.9 Å². The smallest absolute Gasteiger partial charge is 0.259 e. The first-order chi connectivity index (χ1) is 15.0. The molecule has 31 heavy (non-hydrogen) atoms. The predicted molar refractivity (Wildman–Crippen MR) is 122 cm³/mol. The van der Waals surface area contributed by atoms with Gasteiger partial charge in [-0.05, 0) is 48.4 Å². The number of ether oxygens (including phenoxy) is 1. The van der Waals surface area contributed by atoms with E-state index >= 15 is 0 Å². The van der Waals surface area contributed by atoms with Gasteiger partial charge in [-0.3, -0.25) is 4.79 Å². The number of hydrogen-bond donors (Lipinski definition) is 2. The van der Waals surface area contributed by atoms with Crippen LogP contribution in [-0.2, 0) is 16.6 Å². The Bertz CT molecular complexity index is 1100. The van der Waals surface area contributed by atoms with E-state index in [2.05, 4.69) is 17.0 Å². The van der Waals surface area contributed by atoms with Gasteiger partial charge < -0.3 is 10.1 Å². The first kappa shape index (κ1) is 22.5. The van der Waals surface area contributed by atoms with Gasteiger partial charge in [-0.15, -0.1) is 0 Å². The maximum absolute atomic E-state index is 12.7. The number of unbranched alkanes of at least 4 members (excludes halogenated alkanes) is 1. The zero-order chi connectivity index (χ0) is 22.1. The first-order valence-electron chi connectivity index (χ1n) is 10.2. The van der Waals surface area contributed by atoms with Crippen molar-refractivity contribution in [3.05, 3.63) is 90.0 Å². The van der Waals surface area contributed by atoms with E-state index in [1.165, 1.54) is 12.1 Å². The molecule has 3 aromatic carbocycles. The van der Waals surface area contributed by atoms with Crippen molar-refractivity contribution in [1.29, 1.82) is 0 Å². The maximum atomic E-state index is 12.7. The average Bonchev–Trinajstić information content (AvgIpc) is 2.79. The predicted octanol–water partition coefficient (Wildman–Crippen LogP) is 4.60. The highest BCUT2D eigenvalue weighted by atomic mass is 32.2. The second-order valence-corrected chi connectivity index (χ2v) is 8.75. The molecular weight excluding hydrogens is 412 g/mol. The molecule has 0 aromatic heterocycles. The van der Waals surface area contributed by atoms with E-state index in [0.29, 0.717) is 23.6 Å². The summed E-state index contributed by atoms with van der Waals surface area (Å²) in [5.41, 5.74) is 1.80. The largest absolute Gasteiger partial charge is 0.493 e. The summed E-state index contributed by atoms with van der Waals surface area (Å²) in [4.78, 5) is 12.8. The number of carbonyl (C=O) groups excluding carboxylic acids is 1. The molecule has 0 aliphatic rings. The lowest BCUT2D eigenvalue weighted by Gasteiger charge is -2.12. The maximum Gasteiger partial charge on any atom is 0.259 e. The van der Waals surface area contributed by atoms with Crippen LogP contribution in [0.15, 0.2) is 83.8 Å². The molecule has 0 radical (unpaired) electrons. The highest BCUT2D eigenvalue weighted by molar-refractivity contribution is 7.89. The van der Waals surface area contributed by atoms with E-state index in [0.717, 1.165) is 18.4 Å². The minimum absolute atomic E-state index is 0.129. The van der Waals surface area contributed by atoms with Crippen molar-refractivity contribution >= 4 is 21.6 Å². The molecule has 0 saturated carbocycles. The molecular formula is C24H26N2O4S. The molecule has 3 rings (SSSR count). The zero-order valence-electron chi connectivity index (χ0n) is 17.4. The molecule has 0 atom stereocenters. The summed E-state index contributed by atoms with van der Waals surface area (Å²) in [7, 11) is -3.66. The van der Waals surface area contributed by atoms with Crippen molar-refractivity contribution in [2.45, 2.75) is 31.2 Å². The highest BCUT2D eigenvalue weighted by Gasteiger charge is 2.15. The van der Waals surface area contributed by atoms with Crippen molar-refractivity contribution in [1.82, 2.24) is 4.72 Å². The third kappa shape index (κ3) is 6.41. The minimum atomic E-state index is -3.66. The lowest BCUT2D eigenvalue weighted by atomic mass is 10.2. The van der Waals surface area contributed by atoms with Crippen LogP contribution in [0.25, 0.3) is 0 Å². The number of sulfonamides is 1. The number of amides is 1. The summed E-state index contributed by atoms with van der Waals surface area (Å²) >= 11 is 0. The van der Waals surface area contributed by atoms with Crippen LogP contribution < -0.4 is 14.8 Å². The lowest BCUT2D eigenvalue weighted by Crippen LogP contribution is -2.23. The van der Waals surface area contributed by atoms with Gasteiger partial charge in [0.25, 0.3) is 5.91 Å². The van der Waals surface area contributed by atoms with Gasteiger partial charge >= 0.3 is 0 Å². The Morgan fingerprint density at radius 2 is 1.58 bits per heavy atom. The van der Waals surface area contributed by atoms with Crippen LogP contribution in [0.2, 0.25) is 0 Å². The Kier molecular flexibility index (Phi) is 7.81. The van der Waals surface area contributed by atoms with Crippen LogP contribution in [-0.4, -0.2) is 20.9 Å². The third-order valence-electron chi connectivity index (χ3n) is 4.62. The van der Waals surface area contributed by atoms with Crippen LogP contribution >= 0.6 is 0 Å². The number of nitrogens with one attached hydrogen (secondary N) is 2. The Balaban J connectivity index is 1.64. The number of carbonyl (C=O) groups is 1. The summed E-state index contributed by atoms with van der Waals surface area (Å²) in [6.45, 7) is 2.82. The van der Waals surface area contributed by atoms with Crippen LogP contribution in [0.4, 0.5) is 5.69 Å². The fourth-order valence-electron chi connectivity index (χ4n) is 2.88. The average molecular weight is 439 g/mol. The molecule has 0 aliphatic heterocycles. The van der Waals surface area contributed by atoms with Crippen molar-refractivity contribution in [3.8, 4) is 5.75 Å². The number of anilines is 1. The van der Waals surface area contributed by atoms with Crippen LogP contribution in [0.5, 0.6) is 5.75 Å². The van der Waals surface area contributed by atoms with Crippen molar-refractivity contribution in [3.63, 3.8) is 0 Å². The molecule has 6 nitrogen and oxygen atoms in total. The highest BCUT2D eigenvalue weighted by Crippen LogP contribution is 2.21. The molecule has 2 N–H and O–H groups in total. The molecule has 0 aliphatic carbocycles. The Hall–Kier alpha value is -3.16. The third-order valence-corrected chi connectivity index (χ3v) is 6.04. The molecule has 0 spiro atoms. The summed E-state index contributed by atoms with van der Waals surface area (Å²) in [6.07, 6.45) is 1.91. The molecule has 162 valence electrons. The van der Waals surface area contributed by atoms with Crippen LogP contribution in [0, 0.1) is 0 Å². The Labute approximate surface area is 183 Å². The quantitative estimate of drug-likeness (QED) is 0.453. The van der Waals surface area contributed by atoms with Crippen molar-refractivity contribution in [2.24, 2.45) is 0 Å². The van der Waals surface area contributed by atoms with E-state index in [1.54, 1.807) is 30.3 Å². The first-order valence-corrected chi connectivity index (χ1v) is 11.6. The van der Waals surface area contributed by atoms with Gasteiger partial charge in [0.05, 0.1) is 17.1 Å². The topological polar surface area (TPSA) is 84.5 Å². The monoisotopic (exact) mass is 438 g/mol. The fraction of sp³-hybridized carbons (Fsp3) is 0.208. The van der Waals surface area contributed by atoms with Crippen LogP contribution in [0.1, 0.15) is 35.7 Å². The summed E-state index contributed by atoms with van der Waals surface area (Å²) in [6, 6.07) is 22.4. The van der Waals surface area contributed by atoms with Gasteiger partial charge in [-0.1, -0.05) is 55.8 Å². The molecule has 3 aromatic rings. The normalized spacial score (nSPS) is 11.1. The number of para-hydroxylation sites is 1. The summed E-state index contributed by atoms with van der Waals surface area (Å²) in [5, 5.41) is 2.79. The molecule has 0 unspecified atom stereocenters. The SMILES string of the molecule is CCCCOc1ccccc1C(=O)Nc1ccc(S(=O)(=O)NCc2ccccc2)cc1. The van der Waals surface area contributed by atoms with Crippen LogP contribution in [0.3, 0.4) is 0 Å². The van der Waals surface area contributed by atoms with E-state index in [-0.39, 0.29) is 17.3 Å². The second kappa shape index (κ2) is 10.7. The van der Waals surface area contributed by atoms with Gasteiger partial charge in [0.1, 0.15) is 5.75 Å². The summed E-state index contributed by atoms with van der Waals surface area (Å²) in [5.74, 6) is 0.211. The fourth-order valence-corrected chi connectivity index (χ4v) is 3.90. The van der Waals surface area contributed by atoms with E-state index in [1.807, 2.05) is 36.4 Å². The molecule has 7 heteroatoms. The standard InChI is InChI=1S/C24H26N2O4S/c1-2-3-17-30-23-12-8-7-11-22(23)24(27)26-20-13-15-21(16-14-20)31(28,29)25-18-19-9-5-4-6-10-19/h4-16,25H,2-3,17-18H2,1H3,(H,26,27). The Morgan fingerprint density at radius 3 is 2.29 bits per heavy atom. The minimum Gasteiger partial charge on any atom is -0.493 e. The van der Waals surface area contributed by atoms with Gasteiger partial charge in [-0.25, -0.2) is 13.1 Å². The molecule has 0 fully saturated rings. The van der Waals surface area contributed by atoms with Gasteiger partial charge in [0.15, 0.2) is 0 Å². The van der Waals surface area contributed by atoms with E-state index in [4.69, 9.17) is 4.74 Å². The summed E-state index contributed by atoms with van der Waals surface area (Å²) < 4.78 is 33.3.